The lowest BCUT2D eigenvalue weighted by Crippen LogP contribution is -2.48. The van der Waals surface area contributed by atoms with Gasteiger partial charge < -0.3 is 10.2 Å². The molecule has 3 nitrogen and oxygen atoms in total. The molecule has 120 valence electrons. The third-order valence-corrected chi connectivity index (χ3v) is 5.91. The highest BCUT2D eigenvalue weighted by atomic mass is 35.5. The Bertz CT molecular complexity index is 576. The summed E-state index contributed by atoms with van der Waals surface area (Å²) in [5.41, 5.74) is 3.13. The Morgan fingerprint density at radius 2 is 2.18 bits per heavy atom. The van der Waals surface area contributed by atoms with Crippen molar-refractivity contribution in [1.29, 1.82) is 0 Å². The Morgan fingerprint density at radius 3 is 3.00 bits per heavy atom. The molecule has 2 fully saturated rings. The molecule has 1 saturated carbocycles. The van der Waals surface area contributed by atoms with E-state index in [4.69, 9.17) is 0 Å². The number of hydrogen-bond acceptors (Lipinski definition) is 2. The molecule has 3 aliphatic rings. The van der Waals surface area contributed by atoms with Crippen LogP contribution in [0.3, 0.4) is 0 Å². The van der Waals surface area contributed by atoms with Gasteiger partial charge in [0, 0.05) is 30.5 Å². The molecule has 1 N–H and O–H groups in total. The Morgan fingerprint density at radius 1 is 1.36 bits per heavy atom. The lowest BCUT2D eigenvalue weighted by molar-refractivity contribution is -0.134. The van der Waals surface area contributed by atoms with E-state index in [0.29, 0.717) is 11.9 Å². The van der Waals surface area contributed by atoms with Crippen LogP contribution in [0, 0.1) is 5.92 Å². The second-order valence-electron chi connectivity index (χ2n) is 6.98. The highest BCUT2D eigenvalue weighted by Gasteiger charge is 2.62. The number of piperidine rings is 1. The van der Waals surface area contributed by atoms with Crippen molar-refractivity contribution in [2.75, 3.05) is 20.1 Å². The van der Waals surface area contributed by atoms with Gasteiger partial charge in [0.1, 0.15) is 0 Å². The van der Waals surface area contributed by atoms with Crippen molar-refractivity contribution in [3.8, 4) is 0 Å². The van der Waals surface area contributed by atoms with E-state index in [2.05, 4.69) is 34.5 Å². The summed E-state index contributed by atoms with van der Waals surface area (Å²) in [6.07, 6.45) is 5.72. The zero-order chi connectivity index (χ0) is 14.4. The number of nitrogens with zero attached hydrogens (tertiary/aromatic N) is 1. The fraction of sp³-hybridized carbons (Fsp3) is 0.611. The first-order chi connectivity index (χ1) is 10.2. The summed E-state index contributed by atoms with van der Waals surface area (Å²) < 4.78 is 0. The summed E-state index contributed by atoms with van der Waals surface area (Å²) in [6, 6.07) is 9.22. The number of amides is 1. The van der Waals surface area contributed by atoms with Crippen LogP contribution in [0.15, 0.2) is 24.3 Å². The van der Waals surface area contributed by atoms with Gasteiger partial charge in [-0.25, -0.2) is 0 Å². The van der Waals surface area contributed by atoms with E-state index < -0.39 is 0 Å². The average Bonchev–Trinajstić information content (AvgIpc) is 3.16. The molecule has 4 rings (SSSR count). The maximum Gasteiger partial charge on any atom is 0.226 e. The second-order valence-corrected chi connectivity index (χ2v) is 6.98. The van der Waals surface area contributed by atoms with Gasteiger partial charge in [0.25, 0.3) is 0 Å². The number of nitrogens with one attached hydrogen (secondary N) is 1. The highest BCUT2D eigenvalue weighted by Crippen LogP contribution is 2.62. The Balaban J connectivity index is 0.00000144. The molecule has 22 heavy (non-hydrogen) atoms. The van der Waals surface area contributed by atoms with Crippen molar-refractivity contribution < 1.29 is 4.79 Å². The van der Waals surface area contributed by atoms with Crippen molar-refractivity contribution in [3.63, 3.8) is 0 Å². The maximum atomic E-state index is 12.9. The number of likely N-dealkylation sites (N-methyl/N-ethyl adjacent to an activating group) is 1. The zero-order valence-corrected chi connectivity index (χ0v) is 14.0. The molecule has 1 amide bonds. The van der Waals surface area contributed by atoms with Gasteiger partial charge in [0.15, 0.2) is 0 Å². The minimum Gasteiger partial charge on any atom is -0.341 e. The monoisotopic (exact) mass is 320 g/mol. The van der Waals surface area contributed by atoms with Gasteiger partial charge in [-0.1, -0.05) is 24.3 Å². The Labute approximate surface area is 138 Å². The molecule has 0 aromatic heterocycles. The molecule has 2 aliphatic carbocycles. The van der Waals surface area contributed by atoms with Crippen LogP contribution in [0.1, 0.15) is 36.8 Å². The number of likely N-dealkylation sites (tertiary alicyclic amines) is 1. The predicted molar refractivity (Wildman–Crippen MR) is 90.5 cm³/mol. The highest BCUT2D eigenvalue weighted by molar-refractivity contribution is 5.85. The number of rotatable bonds is 2. The predicted octanol–water partition coefficient (Wildman–Crippen LogP) is 2.52. The van der Waals surface area contributed by atoms with Gasteiger partial charge in [-0.15, -0.1) is 12.4 Å². The number of hydrogen-bond donors (Lipinski definition) is 1. The van der Waals surface area contributed by atoms with Crippen molar-refractivity contribution in [2.45, 2.75) is 43.6 Å². The number of fused-ring (bicyclic) bond motifs is 2. The molecule has 3 unspecified atom stereocenters. The van der Waals surface area contributed by atoms with Gasteiger partial charge in [0.05, 0.1) is 0 Å². The fourth-order valence-electron chi connectivity index (χ4n) is 4.55. The summed E-state index contributed by atoms with van der Waals surface area (Å²) in [7, 11) is 2.00. The number of halogens is 1. The number of carbonyl (C=O) groups excluding carboxylic acids is 1. The van der Waals surface area contributed by atoms with Gasteiger partial charge in [-0.05, 0) is 50.3 Å². The summed E-state index contributed by atoms with van der Waals surface area (Å²) in [6.45, 7) is 1.84. The maximum absolute atomic E-state index is 12.9. The average molecular weight is 321 g/mol. The third kappa shape index (κ3) is 2.35. The Kier molecular flexibility index (Phi) is 4.21. The molecular formula is C18H25ClN2O. The zero-order valence-electron chi connectivity index (χ0n) is 13.2. The van der Waals surface area contributed by atoms with Crippen molar-refractivity contribution in [3.05, 3.63) is 35.4 Å². The minimum absolute atomic E-state index is 0. The number of aryl methyl sites for hydroxylation is 1. The molecule has 0 bridgehead atoms. The molecular weight excluding hydrogens is 296 g/mol. The van der Waals surface area contributed by atoms with Crippen LogP contribution in [-0.4, -0.2) is 37.0 Å². The van der Waals surface area contributed by atoms with E-state index in [1.165, 1.54) is 24.0 Å². The van der Waals surface area contributed by atoms with Gasteiger partial charge in [-0.3, -0.25) is 4.79 Å². The van der Waals surface area contributed by atoms with Crippen LogP contribution in [0.4, 0.5) is 0 Å². The summed E-state index contributed by atoms with van der Waals surface area (Å²) >= 11 is 0. The lowest BCUT2D eigenvalue weighted by Gasteiger charge is -2.33. The first kappa shape index (κ1) is 15.8. The van der Waals surface area contributed by atoms with Gasteiger partial charge in [0.2, 0.25) is 5.91 Å². The summed E-state index contributed by atoms with van der Waals surface area (Å²) in [4.78, 5) is 15.0. The van der Waals surface area contributed by atoms with Crippen LogP contribution < -0.4 is 5.32 Å². The van der Waals surface area contributed by atoms with E-state index in [-0.39, 0.29) is 23.7 Å². The minimum atomic E-state index is 0. The molecule has 3 atom stereocenters. The molecule has 1 aromatic rings. The van der Waals surface area contributed by atoms with E-state index >= 15 is 0 Å². The standard InChI is InChI=1S/C18H24N2O.ClH/c1-19-14-6-4-10-20(12-14)17(21)16-11-18(16)9-8-13-5-2-3-7-15(13)18;/h2-3,5,7,14,16,19H,4,6,8-12H2,1H3;1H. The SMILES string of the molecule is CNC1CCCN(C(=O)C2CC23CCc2ccccc23)C1.Cl. The first-order valence-electron chi connectivity index (χ1n) is 8.29. The number of benzene rings is 1. The summed E-state index contributed by atoms with van der Waals surface area (Å²) in [5, 5.41) is 3.33. The molecule has 1 heterocycles. The second kappa shape index (κ2) is 5.86. The van der Waals surface area contributed by atoms with E-state index in [9.17, 15) is 4.79 Å². The molecule has 1 saturated heterocycles. The lowest BCUT2D eigenvalue weighted by atomic mass is 9.94. The van der Waals surface area contributed by atoms with E-state index in [1.807, 2.05) is 7.05 Å². The van der Waals surface area contributed by atoms with Crippen LogP contribution in [-0.2, 0) is 16.6 Å². The molecule has 1 spiro atoms. The van der Waals surface area contributed by atoms with Crippen molar-refractivity contribution in [1.82, 2.24) is 10.2 Å². The molecule has 4 heteroatoms. The number of carbonyl (C=O) groups is 1. The molecule has 1 aromatic carbocycles. The van der Waals surface area contributed by atoms with Gasteiger partial charge >= 0.3 is 0 Å². The van der Waals surface area contributed by atoms with Crippen LogP contribution in [0.25, 0.3) is 0 Å². The summed E-state index contributed by atoms with van der Waals surface area (Å²) in [5.74, 6) is 0.656. The Hall–Kier alpha value is -1.06. The molecule has 1 aliphatic heterocycles. The van der Waals surface area contributed by atoms with Crippen LogP contribution in [0.5, 0.6) is 0 Å². The van der Waals surface area contributed by atoms with Gasteiger partial charge in [-0.2, -0.15) is 0 Å². The van der Waals surface area contributed by atoms with Crippen molar-refractivity contribution >= 4 is 18.3 Å². The quantitative estimate of drug-likeness (QED) is 0.908. The van der Waals surface area contributed by atoms with E-state index in [1.54, 1.807) is 0 Å². The topological polar surface area (TPSA) is 32.3 Å². The van der Waals surface area contributed by atoms with Crippen LogP contribution >= 0.6 is 12.4 Å². The molecule has 0 radical (unpaired) electrons. The largest absolute Gasteiger partial charge is 0.341 e. The fourth-order valence-corrected chi connectivity index (χ4v) is 4.55. The van der Waals surface area contributed by atoms with Crippen LogP contribution in [0.2, 0.25) is 0 Å². The van der Waals surface area contributed by atoms with E-state index in [0.717, 1.165) is 32.4 Å². The normalized spacial score (nSPS) is 32.5. The first-order valence-corrected chi connectivity index (χ1v) is 8.29. The third-order valence-electron chi connectivity index (χ3n) is 5.91. The smallest absolute Gasteiger partial charge is 0.226 e. The van der Waals surface area contributed by atoms with Crippen molar-refractivity contribution in [2.24, 2.45) is 5.92 Å².